The van der Waals surface area contributed by atoms with E-state index in [4.69, 9.17) is 4.42 Å². The number of hydrogen-bond acceptors (Lipinski definition) is 3. The van der Waals surface area contributed by atoms with Crippen molar-refractivity contribution in [1.82, 2.24) is 10.2 Å². The Hall–Kier alpha value is -1.85. The molecule has 124 valence electrons. The van der Waals surface area contributed by atoms with Crippen LogP contribution in [0.4, 0.5) is 4.39 Å². The maximum absolute atomic E-state index is 13.8. The van der Waals surface area contributed by atoms with Crippen molar-refractivity contribution < 1.29 is 13.6 Å². The van der Waals surface area contributed by atoms with Crippen LogP contribution in [0.2, 0.25) is 0 Å². The number of likely N-dealkylation sites (tertiary alicyclic amines) is 1. The minimum atomic E-state index is -0.357. The highest BCUT2D eigenvalue weighted by molar-refractivity contribution is 5.92. The normalized spacial score (nSPS) is 17.7. The Balaban J connectivity index is 0.00000192. The van der Waals surface area contributed by atoms with Gasteiger partial charge in [0, 0.05) is 19.1 Å². The van der Waals surface area contributed by atoms with Gasteiger partial charge in [0.1, 0.15) is 11.6 Å². The summed E-state index contributed by atoms with van der Waals surface area (Å²) in [4.78, 5) is 14.3. The molecule has 4 nitrogen and oxygen atoms in total. The fourth-order valence-corrected chi connectivity index (χ4v) is 2.81. The largest absolute Gasteiger partial charge is 0.451 e. The van der Waals surface area contributed by atoms with Crippen LogP contribution in [0.3, 0.4) is 0 Å². The minimum Gasteiger partial charge on any atom is -0.451 e. The molecule has 0 aliphatic carbocycles. The third-order valence-electron chi connectivity index (χ3n) is 4.07. The highest BCUT2D eigenvalue weighted by atomic mass is 35.5. The summed E-state index contributed by atoms with van der Waals surface area (Å²) in [7, 11) is 1.90. The third-order valence-corrected chi connectivity index (χ3v) is 4.07. The molecule has 0 radical (unpaired) electrons. The molecule has 1 fully saturated rings. The molecule has 1 unspecified atom stereocenters. The number of halogens is 2. The van der Waals surface area contributed by atoms with Gasteiger partial charge in [-0.2, -0.15) is 0 Å². The van der Waals surface area contributed by atoms with Crippen LogP contribution in [0.5, 0.6) is 0 Å². The standard InChI is InChI=1S/C17H19FN2O2.ClH/c1-19-12-5-4-10-20(11-12)17(21)16-9-8-15(22-16)13-6-2-3-7-14(13)18;/h2-3,6-9,12,19H,4-5,10-11H2,1H3;1H. The number of likely N-dealkylation sites (N-methyl/N-ethyl adjacent to an activating group) is 1. The maximum atomic E-state index is 13.8. The predicted molar refractivity (Wildman–Crippen MR) is 89.3 cm³/mol. The molecule has 3 rings (SSSR count). The number of nitrogens with zero attached hydrogens (tertiary/aromatic N) is 1. The lowest BCUT2D eigenvalue weighted by Crippen LogP contribution is -2.46. The Bertz CT molecular complexity index is 674. The number of hydrogen-bond donors (Lipinski definition) is 1. The lowest BCUT2D eigenvalue weighted by atomic mass is 10.1. The number of carbonyl (C=O) groups excluding carboxylic acids is 1. The number of benzene rings is 1. The fourth-order valence-electron chi connectivity index (χ4n) is 2.81. The van der Waals surface area contributed by atoms with Crippen molar-refractivity contribution >= 4 is 18.3 Å². The highest BCUT2D eigenvalue weighted by Gasteiger charge is 2.25. The van der Waals surface area contributed by atoms with E-state index < -0.39 is 0 Å². The van der Waals surface area contributed by atoms with Crippen molar-refractivity contribution in [3.8, 4) is 11.3 Å². The summed E-state index contributed by atoms with van der Waals surface area (Å²) in [6.07, 6.45) is 2.04. The number of furan rings is 1. The summed E-state index contributed by atoms with van der Waals surface area (Å²) >= 11 is 0. The van der Waals surface area contributed by atoms with Gasteiger partial charge in [-0.1, -0.05) is 12.1 Å². The topological polar surface area (TPSA) is 45.5 Å². The number of carbonyl (C=O) groups is 1. The van der Waals surface area contributed by atoms with Crippen molar-refractivity contribution in [2.75, 3.05) is 20.1 Å². The van der Waals surface area contributed by atoms with Crippen LogP contribution in [-0.4, -0.2) is 37.0 Å². The van der Waals surface area contributed by atoms with Gasteiger partial charge in [0.15, 0.2) is 5.76 Å². The molecule has 0 spiro atoms. The van der Waals surface area contributed by atoms with E-state index in [0.717, 1.165) is 19.4 Å². The van der Waals surface area contributed by atoms with Gasteiger partial charge in [-0.3, -0.25) is 4.79 Å². The van der Waals surface area contributed by atoms with Gasteiger partial charge in [-0.05, 0) is 44.2 Å². The molecule has 1 N–H and O–H groups in total. The maximum Gasteiger partial charge on any atom is 0.289 e. The van der Waals surface area contributed by atoms with Gasteiger partial charge in [0.05, 0.1) is 5.56 Å². The molecule has 1 amide bonds. The van der Waals surface area contributed by atoms with Crippen molar-refractivity contribution in [2.45, 2.75) is 18.9 Å². The van der Waals surface area contributed by atoms with Gasteiger partial charge in [0.25, 0.3) is 5.91 Å². The quantitative estimate of drug-likeness (QED) is 0.933. The average Bonchev–Trinajstić information content (AvgIpc) is 3.04. The average molecular weight is 339 g/mol. The Labute approximate surface area is 141 Å². The second-order valence-electron chi connectivity index (χ2n) is 5.52. The molecular formula is C17H20ClFN2O2. The first-order valence-corrected chi connectivity index (χ1v) is 7.50. The molecule has 1 atom stereocenters. The number of piperidine rings is 1. The zero-order chi connectivity index (χ0) is 15.5. The summed E-state index contributed by atoms with van der Waals surface area (Å²) in [5.74, 6) is 0.144. The van der Waals surface area contributed by atoms with Gasteiger partial charge in [-0.25, -0.2) is 4.39 Å². The van der Waals surface area contributed by atoms with Crippen LogP contribution < -0.4 is 5.32 Å². The Morgan fingerprint density at radius 2 is 2.09 bits per heavy atom. The molecule has 1 aliphatic heterocycles. The highest BCUT2D eigenvalue weighted by Crippen LogP contribution is 2.25. The molecule has 23 heavy (non-hydrogen) atoms. The Kier molecular flexibility index (Phi) is 5.80. The molecule has 0 bridgehead atoms. The van der Waals surface area contributed by atoms with E-state index in [1.165, 1.54) is 6.07 Å². The van der Waals surface area contributed by atoms with E-state index in [1.807, 2.05) is 7.05 Å². The molecule has 1 aromatic carbocycles. The van der Waals surface area contributed by atoms with Crippen LogP contribution in [0.15, 0.2) is 40.8 Å². The van der Waals surface area contributed by atoms with Crippen LogP contribution >= 0.6 is 12.4 Å². The summed E-state index contributed by atoms with van der Waals surface area (Å²) in [6.45, 7) is 1.40. The van der Waals surface area contributed by atoms with E-state index in [1.54, 1.807) is 35.2 Å². The Morgan fingerprint density at radius 3 is 2.83 bits per heavy atom. The molecule has 1 aromatic heterocycles. The number of rotatable bonds is 3. The molecular weight excluding hydrogens is 319 g/mol. The zero-order valence-corrected chi connectivity index (χ0v) is 13.7. The number of nitrogens with one attached hydrogen (secondary N) is 1. The number of amides is 1. The van der Waals surface area contributed by atoms with E-state index in [2.05, 4.69) is 5.32 Å². The Morgan fingerprint density at radius 1 is 1.30 bits per heavy atom. The molecule has 6 heteroatoms. The summed E-state index contributed by atoms with van der Waals surface area (Å²) < 4.78 is 19.4. The van der Waals surface area contributed by atoms with Crippen LogP contribution in [-0.2, 0) is 0 Å². The predicted octanol–water partition coefficient (Wildman–Crippen LogP) is 3.33. The fraction of sp³-hybridized carbons (Fsp3) is 0.353. The zero-order valence-electron chi connectivity index (χ0n) is 12.9. The SMILES string of the molecule is CNC1CCCN(C(=O)c2ccc(-c3ccccc3F)o2)C1.Cl. The first-order valence-electron chi connectivity index (χ1n) is 7.50. The smallest absolute Gasteiger partial charge is 0.289 e. The van der Waals surface area contributed by atoms with E-state index in [0.29, 0.717) is 23.9 Å². The van der Waals surface area contributed by atoms with Gasteiger partial charge < -0.3 is 14.6 Å². The second-order valence-corrected chi connectivity index (χ2v) is 5.52. The van der Waals surface area contributed by atoms with Gasteiger partial charge >= 0.3 is 0 Å². The van der Waals surface area contributed by atoms with E-state index >= 15 is 0 Å². The molecule has 1 aliphatic rings. The molecule has 1 saturated heterocycles. The summed E-state index contributed by atoms with van der Waals surface area (Å²) in [6, 6.07) is 9.96. The van der Waals surface area contributed by atoms with Crippen LogP contribution in [0.25, 0.3) is 11.3 Å². The monoisotopic (exact) mass is 338 g/mol. The van der Waals surface area contributed by atoms with Crippen LogP contribution in [0.1, 0.15) is 23.4 Å². The second kappa shape index (κ2) is 7.62. The minimum absolute atomic E-state index is 0. The van der Waals surface area contributed by atoms with E-state index in [9.17, 15) is 9.18 Å². The van der Waals surface area contributed by atoms with Gasteiger partial charge in [0.2, 0.25) is 0 Å². The first-order chi connectivity index (χ1) is 10.7. The molecule has 0 saturated carbocycles. The van der Waals surface area contributed by atoms with Crippen molar-refractivity contribution in [2.24, 2.45) is 0 Å². The van der Waals surface area contributed by atoms with E-state index in [-0.39, 0.29) is 29.9 Å². The first kappa shape index (κ1) is 17.5. The third kappa shape index (κ3) is 3.74. The summed E-state index contributed by atoms with van der Waals surface area (Å²) in [5, 5.41) is 3.20. The molecule has 2 heterocycles. The van der Waals surface area contributed by atoms with Gasteiger partial charge in [-0.15, -0.1) is 12.4 Å². The molecule has 2 aromatic rings. The van der Waals surface area contributed by atoms with Crippen molar-refractivity contribution in [3.63, 3.8) is 0 Å². The van der Waals surface area contributed by atoms with Crippen molar-refractivity contribution in [3.05, 3.63) is 48.0 Å². The van der Waals surface area contributed by atoms with Crippen LogP contribution in [0, 0.1) is 5.82 Å². The van der Waals surface area contributed by atoms with Crippen molar-refractivity contribution in [1.29, 1.82) is 0 Å². The lowest BCUT2D eigenvalue weighted by molar-refractivity contribution is 0.0667. The lowest BCUT2D eigenvalue weighted by Gasteiger charge is -2.31. The summed E-state index contributed by atoms with van der Waals surface area (Å²) in [5.41, 5.74) is 0.369.